The monoisotopic (exact) mass is 524 g/mol. The first kappa shape index (κ1) is 26.4. The summed E-state index contributed by atoms with van der Waals surface area (Å²) in [6.07, 6.45) is 0. The standard InChI is InChI=1S/C27H29FN6O2.ClH/c1-35-24-13-12-21(18-25(24)36-2)26(27-29-30-31-34(27)19-20-8-4-3-5-9-20)33-16-14-32(15-17-33)23-11-7-6-10-22(23)28;/h3-13,18,26H,14-17,19H2,1-2H3;1H. The number of nitrogens with zero attached hydrogens (tertiary/aromatic N) is 6. The number of hydrogen-bond donors (Lipinski definition) is 0. The highest BCUT2D eigenvalue weighted by Gasteiger charge is 2.32. The second-order valence-electron chi connectivity index (χ2n) is 8.67. The Morgan fingerprint density at radius 3 is 2.27 bits per heavy atom. The zero-order valence-electron chi connectivity index (χ0n) is 20.8. The maximum Gasteiger partial charge on any atom is 0.173 e. The van der Waals surface area contributed by atoms with E-state index in [-0.39, 0.29) is 24.3 Å². The van der Waals surface area contributed by atoms with Crippen LogP contribution in [-0.4, -0.2) is 65.5 Å². The first-order chi connectivity index (χ1) is 17.7. The lowest BCUT2D eigenvalue weighted by Gasteiger charge is -2.40. The molecule has 1 saturated heterocycles. The van der Waals surface area contributed by atoms with Crippen LogP contribution in [0.25, 0.3) is 0 Å². The van der Waals surface area contributed by atoms with Crippen molar-refractivity contribution in [2.45, 2.75) is 12.6 Å². The van der Waals surface area contributed by atoms with Gasteiger partial charge >= 0.3 is 0 Å². The smallest absolute Gasteiger partial charge is 0.173 e. The second-order valence-corrected chi connectivity index (χ2v) is 8.67. The molecule has 10 heteroatoms. The molecule has 3 aromatic carbocycles. The molecule has 0 bridgehead atoms. The summed E-state index contributed by atoms with van der Waals surface area (Å²) in [5, 5.41) is 12.8. The summed E-state index contributed by atoms with van der Waals surface area (Å²) in [6, 6.07) is 22.7. The number of ether oxygens (including phenoxy) is 2. The van der Waals surface area contributed by atoms with Gasteiger partial charge < -0.3 is 14.4 Å². The third-order valence-electron chi connectivity index (χ3n) is 6.58. The molecule has 0 radical (unpaired) electrons. The molecule has 0 amide bonds. The number of anilines is 1. The Labute approximate surface area is 222 Å². The van der Waals surface area contributed by atoms with Gasteiger partial charge in [0.1, 0.15) is 5.82 Å². The van der Waals surface area contributed by atoms with E-state index in [1.54, 1.807) is 20.3 Å². The van der Waals surface area contributed by atoms with Crippen molar-refractivity contribution >= 4 is 18.1 Å². The quantitative estimate of drug-likeness (QED) is 0.342. The van der Waals surface area contributed by atoms with Gasteiger partial charge in [0, 0.05) is 26.2 Å². The van der Waals surface area contributed by atoms with Crippen molar-refractivity contribution in [3.8, 4) is 11.5 Å². The van der Waals surface area contributed by atoms with Crippen molar-refractivity contribution in [3.63, 3.8) is 0 Å². The van der Waals surface area contributed by atoms with Crippen LogP contribution in [0, 0.1) is 5.82 Å². The van der Waals surface area contributed by atoms with Crippen molar-refractivity contribution in [1.82, 2.24) is 25.1 Å². The average Bonchev–Trinajstić information content (AvgIpc) is 3.37. The van der Waals surface area contributed by atoms with E-state index in [0.29, 0.717) is 49.9 Å². The van der Waals surface area contributed by atoms with E-state index in [4.69, 9.17) is 9.47 Å². The lowest BCUT2D eigenvalue weighted by Crippen LogP contribution is -2.48. The molecule has 0 spiro atoms. The normalized spacial score (nSPS) is 14.6. The third kappa shape index (κ3) is 5.68. The van der Waals surface area contributed by atoms with Gasteiger partial charge in [-0.05, 0) is 45.8 Å². The maximum absolute atomic E-state index is 14.4. The fraction of sp³-hybridized carbons (Fsp3) is 0.296. The van der Waals surface area contributed by atoms with E-state index in [1.165, 1.54) is 6.07 Å². The van der Waals surface area contributed by atoms with E-state index >= 15 is 0 Å². The van der Waals surface area contributed by atoms with Crippen LogP contribution in [0.4, 0.5) is 10.1 Å². The minimum Gasteiger partial charge on any atom is -0.493 e. The molecular weight excluding hydrogens is 495 g/mol. The molecular formula is C27H30ClFN6O2. The van der Waals surface area contributed by atoms with Crippen molar-refractivity contribution in [1.29, 1.82) is 0 Å². The van der Waals surface area contributed by atoms with Gasteiger partial charge in [0.2, 0.25) is 0 Å². The fourth-order valence-corrected chi connectivity index (χ4v) is 4.75. The molecule has 2 heterocycles. The summed E-state index contributed by atoms with van der Waals surface area (Å²) < 4.78 is 27.3. The molecule has 8 nitrogen and oxygen atoms in total. The van der Waals surface area contributed by atoms with E-state index < -0.39 is 0 Å². The minimum atomic E-state index is -0.216. The Kier molecular flexibility index (Phi) is 8.58. The third-order valence-corrected chi connectivity index (χ3v) is 6.58. The number of piperazine rings is 1. The Hall–Kier alpha value is -3.69. The van der Waals surface area contributed by atoms with E-state index in [0.717, 1.165) is 17.0 Å². The Balaban J connectivity index is 0.00000320. The number of hydrogen-bond acceptors (Lipinski definition) is 7. The van der Waals surface area contributed by atoms with Crippen molar-refractivity contribution in [2.24, 2.45) is 0 Å². The maximum atomic E-state index is 14.4. The van der Waals surface area contributed by atoms with Gasteiger partial charge in [0.25, 0.3) is 0 Å². The number of aromatic nitrogens is 4. The van der Waals surface area contributed by atoms with E-state index in [1.807, 2.05) is 53.2 Å². The second kappa shape index (κ2) is 12.0. The summed E-state index contributed by atoms with van der Waals surface area (Å²) in [6.45, 7) is 3.36. The van der Waals surface area contributed by atoms with Gasteiger partial charge in [-0.2, -0.15) is 0 Å². The molecule has 1 aromatic heterocycles. The number of methoxy groups -OCH3 is 2. The molecule has 1 fully saturated rings. The van der Waals surface area contributed by atoms with Crippen LogP contribution in [0.1, 0.15) is 23.0 Å². The molecule has 1 unspecified atom stereocenters. The van der Waals surface area contributed by atoms with Crippen molar-refractivity contribution in [3.05, 3.63) is 95.6 Å². The first-order valence-electron chi connectivity index (χ1n) is 11.9. The molecule has 37 heavy (non-hydrogen) atoms. The number of halogens is 2. The van der Waals surface area contributed by atoms with E-state index in [9.17, 15) is 4.39 Å². The largest absolute Gasteiger partial charge is 0.493 e. The predicted octanol–water partition coefficient (Wildman–Crippen LogP) is 4.21. The minimum absolute atomic E-state index is 0. The predicted molar refractivity (Wildman–Crippen MR) is 142 cm³/mol. The van der Waals surface area contributed by atoms with Crippen LogP contribution in [0.3, 0.4) is 0 Å². The number of rotatable bonds is 8. The van der Waals surface area contributed by atoms with Gasteiger partial charge in [0.05, 0.1) is 32.5 Å². The summed E-state index contributed by atoms with van der Waals surface area (Å²) >= 11 is 0. The molecule has 5 rings (SSSR count). The van der Waals surface area contributed by atoms with Crippen molar-refractivity contribution < 1.29 is 13.9 Å². The van der Waals surface area contributed by atoms with Crippen LogP contribution in [0.5, 0.6) is 11.5 Å². The molecule has 194 valence electrons. The topological polar surface area (TPSA) is 68.5 Å². The molecule has 1 aliphatic heterocycles. The molecule has 4 aromatic rings. The van der Waals surface area contributed by atoms with Gasteiger partial charge in [-0.15, -0.1) is 17.5 Å². The molecule has 0 N–H and O–H groups in total. The highest BCUT2D eigenvalue weighted by molar-refractivity contribution is 5.85. The van der Waals surface area contributed by atoms with E-state index in [2.05, 4.69) is 37.5 Å². The van der Waals surface area contributed by atoms with Gasteiger partial charge in [-0.25, -0.2) is 9.07 Å². The lowest BCUT2D eigenvalue weighted by atomic mass is 10.0. The molecule has 1 atom stereocenters. The zero-order chi connectivity index (χ0) is 24.9. The van der Waals surface area contributed by atoms with Crippen LogP contribution < -0.4 is 14.4 Å². The van der Waals surface area contributed by atoms with Crippen LogP contribution in [0.15, 0.2) is 72.8 Å². The van der Waals surface area contributed by atoms with Crippen LogP contribution in [0.2, 0.25) is 0 Å². The summed E-state index contributed by atoms with van der Waals surface area (Å²) in [5.41, 5.74) is 2.74. The fourth-order valence-electron chi connectivity index (χ4n) is 4.75. The Bertz CT molecular complexity index is 1300. The molecule has 0 saturated carbocycles. The van der Waals surface area contributed by atoms with Crippen LogP contribution in [-0.2, 0) is 6.54 Å². The Morgan fingerprint density at radius 2 is 1.57 bits per heavy atom. The Morgan fingerprint density at radius 1 is 0.865 bits per heavy atom. The van der Waals surface area contributed by atoms with Gasteiger partial charge in [-0.1, -0.05) is 48.5 Å². The van der Waals surface area contributed by atoms with Gasteiger partial charge in [-0.3, -0.25) is 4.90 Å². The summed E-state index contributed by atoms with van der Waals surface area (Å²) in [7, 11) is 3.25. The highest BCUT2D eigenvalue weighted by atomic mass is 35.5. The number of benzene rings is 3. The average molecular weight is 525 g/mol. The molecule has 1 aliphatic rings. The highest BCUT2D eigenvalue weighted by Crippen LogP contribution is 2.35. The SMILES string of the molecule is COc1ccc(C(c2nnnn2Cc2ccccc2)N2CCN(c3ccccc3F)CC2)cc1OC.Cl. The van der Waals surface area contributed by atoms with Gasteiger partial charge in [0.15, 0.2) is 17.3 Å². The number of para-hydroxylation sites is 1. The van der Waals surface area contributed by atoms with Crippen molar-refractivity contribution in [2.75, 3.05) is 45.3 Å². The number of tetrazole rings is 1. The van der Waals surface area contributed by atoms with Crippen LogP contribution >= 0.6 is 12.4 Å². The lowest BCUT2D eigenvalue weighted by molar-refractivity contribution is 0.200. The molecule has 0 aliphatic carbocycles. The summed E-state index contributed by atoms with van der Waals surface area (Å²) in [5.74, 6) is 1.85. The summed E-state index contributed by atoms with van der Waals surface area (Å²) in [4.78, 5) is 4.43. The zero-order valence-corrected chi connectivity index (χ0v) is 21.6. The first-order valence-corrected chi connectivity index (χ1v) is 11.9.